The van der Waals surface area contributed by atoms with E-state index in [9.17, 15) is 0 Å². The molecule has 0 aromatic heterocycles. The molecule has 2 atom stereocenters. The number of allylic oxidation sites excluding steroid dienone is 2. The van der Waals surface area contributed by atoms with Crippen LogP contribution in [0.1, 0.15) is 103 Å². The molecule has 0 saturated heterocycles. The van der Waals surface area contributed by atoms with Crippen molar-refractivity contribution in [3.05, 3.63) is 12.2 Å². The molecule has 0 saturated carbocycles. The average molecular weight is 395 g/mol. The van der Waals surface area contributed by atoms with Crippen molar-refractivity contribution in [3.63, 3.8) is 0 Å². The van der Waals surface area contributed by atoms with Gasteiger partial charge >= 0.3 is 0 Å². The molecule has 0 spiro atoms. The maximum absolute atomic E-state index is 6.83. The molecule has 0 fully saturated rings. The van der Waals surface area contributed by atoms with Gasteiger partial charge in [0.05, 0.1) is 15.7 Å². The molecule has 0 nitrogen and oxygen atoms in total. The molecule has 0 aliphatic carbocycles. The number of rotatable bonds is 12. The highest BCUT2D eigenvalue weighted by atomic mass is 14.5. The van der Waals surface area contributed by atoms with Gasteiger partial charge in [-0.2, -0.15) is 0 Å². The van der Waals surface area contributed by atoms with E-state index < -0.39 is 5.21 Å². The zero-order valence-corrected chi connectivity index (χ0v) is 22.2. The van der Waals surface area contributed by atoms with Crippen molar-refractivity contribution in [1.29, 1.82) is 0 Å². The quantitative estimate of drug-likeness (QED) is 0.231. The molecule has 0 aliphatic rings. The number of hydrogen-bond acceptors (Lipinski definition) is 0. The fourth-order valence-electron chi connectivity index (χ4n) is 4.45. The largest absolute Gasteiger partial charge is 0.114 e. The Bertz CT molecular complexity index is 524. The van der Waals surface area contributed by atoms with Gasteiger partial charge in [0.1, 0.15) is 7.28 Å². The van der Waals surface area contributed by atoms with Crippen LogP contribution < -0.4 is 0 Å². The molecule has 163 valence electrons. The van der Waals surface area contributed by atoms with E-state index in [1.165, 1.54) is 6.42 Å². The molecular formula is C26H50B3. The zero-order chi connectivity index (χ0) is 23.5. The minimum Gasteiger partial charge on any atom is -0.0933 e. The van der Waals surface area contributed by atoms with Crippen LogP contribution in [0.4, 0.5) is 0 Å². The predicted octanol–water partition coefficient (Wildman–Crippen LogP) is 8.12. The van der Waals surface area contributed by atoms with Crippen molar-refractivity contribution in [3.8, 4) is 0 Å². The van der Waals surface area contributed by atoms with Crippen LogP contribution >= 0.6 is 0 Å². The molecule has 29 heavy (non-hydrogen) atoms. The van der Waals surface area contributed by atoms with E-state index in [0.29, 0.717) is 17.7 Å². The van der Waals surface area contributed by atoms with E-state index in [-0.39, 0.29) is 21.7 Å². The standard InChI is InChI=1S/C26H50B3/c1-14-16-20(5)22(6,7)17-21(29-15-2)25(12,13)23(8,9)18-26(27,28)24(10,11)19(3)4/h14,16,19-21H,15,17-18H2,1-13H3. The van der Waals surface area contributed by atoms with Crippen LogP contribution in [0.25, 0.3) is 0 Å². The van der Waals surface area contributed by atoms with Gasteiger partial charge in [-0.1, -0.05) is 125 Å². The summed E-state index contributed by atoms with van der Waals surface area (Å²) in [7, 11) is 16.2. The molecular weight excluding hydrogens is 345 g/mol. The molecule has 3 heteroatoms. The molecule has 0 aliphatic heterocycles. The molecule has 0 rings (SSSR count). The highest BCUT2D eigenvalue weighted by Crippen LogP contribution is 2.60. The van der Waals surface area contributed by atoms with Gasteiger partial charge in [-0.3, -0.25) is 0 Å². The Morgan fingerprint density at radius 1 is 0.862 bits per heavy atom. The van der Waals surface area contributed by atoms with E-state index in [1.807, 2.05) is 0 Å². The van der Waals surface area contributed by atoms with E-state index in [4.69, 9.17) is 15.7 Å². The van der Waals surface area contributed by atoms with Gasteiger partial charge in [-0.05, 0) is 40.4 Å². The SMILES string of the molecule is [B]C([B])(CC(C)(C)C(C)(C)C([B]CC)CC(C)(C)C(C)C=CC)C(C)(C)C(C)C. The highest BCUT2D eigenvalue weighted by Gasteiger charge is 2.49. The molecule has 0 heterocycles. The Kier molecular flexibility index (Phi) is 10.0. The fraction of sp³-hybridized carbons (Fsp3) is 0.923. The van der Waals surface area contributed by atoms with Gasteiger partial charge < -0.3 is 0 Å². The third-order valence-electron chi connectivity index (χ3n) is 9.03. The first-order valence-electron chi connectivity index (χ1n) is 11.8. The third kappa shape index (κ3) is 6.71. The number of hydrogen-bond donors (Lipinski definition) is 0. The minimum absolute atomic E-state index is 0.00108. The molecule has 0 N–H and O–H groups in total. The van der Waals surface area contributed by atoms with Crippen LogP contribution in [0.5, 0.6) is 0 Å². The fourth-order valence-corrected chi connectivity index (χ4v) is 4.45. The van der Waals surface area contributed by atoms with E-state index in [0.717, 1.165) is 12.7 Å². The molecule has 0 aromatic carbocycles. The van der Waals surface area contributed by atoms with Crippen molar-refractivity contribution in [2.24, 2.45) is 33.5 Å². The Morgan fingerprint density at radius 3 is 1.72 bits per heavy atom. The summed E-state index contributed by atoms with van der Waals surface area (Å²) in [4.78, 5) is 0. The Hall–Kier alpha value is -0.0652. The van der Waals surface area contributed by atoms with Crippen LogP contribution in [0.3, 0.4) is 0 Å². The van der Waals surface area contributed by atoms with Crippen molar-refractivity contribution in [2.75, 3.05) is 0 Å². The first-order valence-corrected chi connectivity index (χ1v) is 11.8. The summed E-state index contributed by atoms with van der Waals surface area (Å²) < 4.78 is 0. The average Bonchev–Trinajstić information content (AvgIpc) is 2.52. The normalized spacial score (nSPS) is 17.0. The van der Waals surface area contributed by atoms with E-state index in [2.05, 4.69) is 109 Å². The Labute approximate surface area is 188 Å². The Balaban J connectivity index is 5.90. The minimum atomic E-state index is -0.716. The van der Waals surface area contributed by atoms with E-state index in [1.54, 1.807) is 0 Å². The summed E-state index contributed by atoms with van der Waals surface area (Å²) in [6.45, 7) is 30.0. The van der Waals surface area contributed by atoms with Crippen molar-refractivity contribution in [1.82, 2.24) is 0 Å². The monoisotopic (exact) mass is 395 g/mol. The summed E-state index contributed by atoms with van der Waals surface area (Å²) in [5.41, 5.74) is 0.172. The summed E-state index contributed by atoms with van der Waals surface area (Å²) in [6, 6.07) is 0. The van der Waals surface area contributed by atoms with Gasteiger partial charge in [0, 0.05) is 0 Å². The van der Waals surface area contributed by atoms with Gasteiger partial charge in [-0.15, -0.1) is 0 Å². The smallest absolute Gasteiger partial charge is 0.0933 e. The van der Waals surface area contributed by atoms with Crippen LogP contribution in [0.15, 0.2) is 12.2 Å². The first kappa shape index (κ1) is 28.9. The molecule has 0 bridgehead atoms. The maximum Gasteiger partial charge on any atom is 0.114 e. The van der Waals surface area contributed by atoms with Crippen LogP contribution in [-0.2, 0) is 0 Å². The van der Waals surface area contributed by atoms with Crippen LogP contribution in [-0.4, -0.2) is 23.0 Å². The van der Waals surface area contributed by atoms with Crippen molar-refractivity contribution in [2.45, 2.75) is 120 Å². The first-order chi connectivity index (χ1) is 12.8. The third-order valence-corrected chi connectivity index (χ3v) is 9.03. The predicted molar refractivity (Wildman–Crippen MR) is 137 cm³/mol. The zero-order valence-electron chi connectivity index (χ0n) is 22.2. The lowest BCUT2D eigenvalue weighted by atomic mass is 9.34. The van der Waals surface area contributed by atoms with Gasteiger partial charge in [-0.25, -0.2) is 0 Å². The van der Waals surface area contributed by atoms with Gasteiger partial charge in [0.2, 0.25) is 0 Å². The second-order valence-corrected chi connectivity index (χ2v) is 12.5. The van der Waals surface area contributed by atoms with Gasteiger partial charge in [0.15, 0.2) is 0 Å². The maximum atomic E-state index is 6.83. The lowest BCUT2D eigenvalue weighted by molar-refractivity contribution is 0.0406. The summed E-state index contributed by atoms with van der Waals surface area (Å²) in [5, 5.41) is -0.716. The second kappa shape index (κ2) is 10.0. The molecule has 0 aromatic rings. The summed E-state index contributed by atoms with van der Waals surface area (Å²) in [6.07, 6.45) is 7.59. The van der Waals surface area contributed by atoms with Crippen LogP contribution in [0.2, 0.25) is 17.4 Å². The van der Waals surface area contributed by atoms with Gasteiger partial charge in [0.25, 0.3) is 0 Å². The van der Waals surface area contributed by atoms with Crippen molar-refractivity contribution >= 4 is 23.0 Å². The summed E-state index contributed by atoms with van der Waals surface area (Å²) >= 11 is 0. The Morgan fingerprint density at radius 2 is 1.34 bits per heavy atom. The molecule has 5 radical (unpaired) electrons. The molecule has 2 unspecified atom stereocenters. The highest BCUT2D eigenvalue weighted by molar-refractivity contribution is 6.40. The van der Waals surface area contributed by atoms with E-state index >= 15 is 0 Å². The summed E-state index contributed by atoms with van der Waals surface area (Å²) in [5.74, 6) is 1.47. The lowest BCUT2D eigenvalue weighted by Gasteiger charge is -2.56. The molecule has 0 amide bonds. The van der Waals surface area contributed by atoms with Crippen LogP contribution in [0, 0.1) is 33.5 Å². The second-order valence-electron chi connectivity index (χ2n) is 12.5. The van der Waals surface area contributed by atoms with Crippen molar-refractivity contribution < 1.29 is 0 Å². The topological polar surface area (TPSA) is 0 Å². The lowest BCUT2D eigenvalue weighted by Crippen LogP contribution is -2.46.